The summed E-state index contributed by atoms with van der Waals surface area (Å²) in [6.45, 7) is 0. The van der Waals surface area contributed by atoms with E-state index in [2.05, 4.69) is 48.7 Å². The van der Waals surface area contributed by atoms with Gasteiger partial charge >= 0.3 is 0 Å². The number of nitrogens with zero attached hydrogens (tertiary/aromatic N) is 1. The first-order valence-electron chi connectivity index (χ1n) is 1.65. The second-order valence-corrected chi connectivity index (χ2v) is 3.00. The molecule has 0 aliphatic heterocycles. The highest BCUT2D eigenvalue weighted by Gasteiger charge is 1.88. The monoisotopic (exact) mass is 272 g/mol. The van der Waals surface area contributed by atoms with Crippen LogP contribution in [0.1, 0.15) is 0 Å². The van der Waals surface area contributed by atoms with Gasteiger partial charge in [-0.15, -0.1) is 0 Å². The molecule has 0 aliphatic carbocycles. The fourth-order valence-electron chi connectivity index (χ4n) is 0.276. The molecule has 0 aliphatic rings. The minimum atomic E-state index is 0.928. The molecule has 0 amide bonds. The standard InChI is InChI=1S/C3H2BrIN2/c4-2-1-3(5)7-6-2/h1H,(H,6,7). The first-order valence-corrected chi connectivity index (χ1v) is 3.52. The van der Waals surface area contributed by atoms with Crippen molar-refractivity contribution in [1.82, 2.24) is 10.2 Å². The van der Waals surface area contributed by atoms with E-state index < -0.39 is 0 Å². The maximum Gasteiger partial charge on any atom is 0.124 e. The highest BCUT2D eigenvalue weighted by Crippen LogP contribution is 2.07. The van der Waals surface area contributed by atoms with Crippen molar-refractivity contribution < 1.29 is 0 Å². The van der Waals surface area contributed by atoms with Gasteiger partial charge in [0, 0.05) is 6.07 Å². The predicted octanol–water partition coefficient (Wildman–Crippen LogP) is 1.78. The van der Waals surface area contributed by atoms with Crippen LogP contribution in [0.5, 0.6) is 0 Å². The van der Waals surface area contributed by atoms with Crippen LogP contribution >= 0.6 is 38.5 Å². The highest BCUT2D eigenvalue weighted by atomic mass is 127. The number of nitrogens with one attached hydrogen (secondary N) is 1. The van der Waals surface area contributed by atoms with Crippen LogP contribution in [0.25, 0.3) is 0 Å². The van der Waals surface area contributed by atoms with Crippen LogP contribution in [0.4, 0.5) is 0 Å². The first kappa shape index (κ1) is 5.55. The third kappa shape index (κ3) is 1.41. The molecule has 7 heavy (non-hydrogen) atoms. The molecule has 0 saturated carbocycles. The van der Waals surface area contributed by atoms with Gasteiger partial charge in [0.1, 0.15) is 8.30 Å². The van der Waals surface area contributed by atoms with Gasteiger partial charge in [-0.25, -0.2) is 0 Å². The van der Waals surface area contributed by atoms with E-state index in [1.165, 1.54) is 0 Å². The van der Waals surface area contributed by atoms with Crippen molar-refractivity contribution in [2.24, 2.45) is 0 Å². The zero-order chi connectivity index (χ0) is 5.28. The molecule has 38 valence electrons. The Labute approximate surface area is 63.0 Å². The average Bonchev–Trinajstić information content (AvgIpc) is 1.87. The summed E-state index contributed by atoms with van der Waals surface area (Å²) >= 11 is 5.34. The molecular weight excluding hydrogens is 271 g/mol. The smallest absolute Gasteiger partial charge is 0.124 e. The van der Waals surface area contributed by atoms with Crippen LogP contribution in [-0.2, 0) is 0 Å². The van der Waals surface area contributed by atoms with Crippen molar-refractivity contribution >= 4 is 38.5 Å². The molecule has 1 aromatic rings. The number of aromatic amines is 1. The Bertz CT molecular complexity index is 145. The van der Waals surface area contributed by atoms with Crippen LogP contribution in [0, 0.1) is 3.70 Å². The fourth-order valence-corrected chi connectivity index (χ4v) is 1.44. The van der Waals surface area contributed by atoms with Crippen LogP contribution < -0.4 is 0 Å². The summed E-state index contributed by atoms with van der Waals surface area (Å²) in [5.74, 6) is 0. The average molecular weight is 273 g/mol. The number of H-pyrrole nitrogens is 1. The lowest BCUT2D eigenvalue weighted by atomic mass is 10.8. The molecule has 0 aromatic carbocycles. The van der Waals surface area contributed by atoms with Gasteiger partial charge in [0.2, 0.25) is 0 Å². The minimum absolute atomic E-state index is 0.928. The maximum atomic E-state index is 3.83. The summed E-state index contributed by atoms with van der Waals surface area (Å²) in [5, 5.41) is 6.56. The van der Waals surface area contributed by atoms with Gasteiger partial charge in [-0.3, -0.25) is 5.10 Å². The normalized spacial score (nSPS) is 9.43. The molecule has 0 atom stereocenters. The van der Waals surface area contributed by atoms with Gasteiger partial charge in [0.15, 0.2) is 0 Å². The first-order chi connectivity index (χ1) is 3.29. The van der Waals surface area contributed by atoms with Crippen molar-refractivity contribution in [2.75, 3.05) is 0 Å². The van der Waals surface area contributed by atoms with E-state index in [1.54, 1.807) is 0 Å². The zero-order valence-corrected chi connectivity index (χ0v) is 7.02. The molecule has 1 aromatic heterocycles. The molecule has 2 nitrogen and oxygen atoms in total. The van der Waals surface area contributed by atoms with Crippen molar-refractivity contribution in [3.05, 3.63) is 14.4 Å². The molecule has 0 spiro atoms. The SMILES string of the molecule is Brc1cc(I)n[nH]1. The summed E-state index contributed by atoms with van der Waals surface area (Å²) in [4.78, 5) is 0. The summed E-state index contributed by atoms with van der Waals surface area (Å²) in [5.41, 5.74) is 0. The van der Waals surface area contributed by atoms with Crippen LogP contribution in [0.3, 0.4) is 0 Å². The van der Waals surface area contributed by atoms with E-state index in [4.69, 9.17) is 0 Å². The Morgan fingerprint density at radius 2 is 2.57 bits per heavy atom. The molecule has 1 heterocycles. The Morgan fingerprint density at radius 1 is 1.86 bits per heavy atom. The maximum absolute atomic E-state index is 3.83. The molecule has 4 heteroatoms. The van der Waals surface area contributed by atoms with Gasteiger partial charge in [-0.05, 0) is 38.5 Å². The van der Waals surface area contributed by atoms with Crippen molar-refractivity contribution in [3.8, 4) is 0 Å². The number of aromatic nitrogens is 2. The van der Waals surface area contributed by atoms with Gasteiger partial charge < -0.3 is 0 Å². The number of rotatable bonds is 0. The molecule has 0 fully saturated rings. The van der Waals surface area contributed by atoms with Gasteiger partial charge in [-0.2, -0.15) is 5.10 Å². The quantitative estimate of drug-likeness (QED) is 0.717. The Hall–Kier alpha value is 0.420. The molecule has 1 N–H and O–H groups in total. The van der Waals surface area contributed by atoms with Gasteiger partial charge in [0.05, 0.1) is 0 Å². The van der Waals surface area contributed by atoms with E-state index in [0.717, 1.165) is 8.30 Å². The van der Waals surface area contributed by atoms with E-state index in [1.807, 2.05) is 6.07 Å². The Kier molecular flexibility index (Phi) is 1.69. The second kappa shape index (κ2) is 2.13. The van der Waals surface area contributed by atoms with E-state index in [0.29, 0.717) is 0 Å². The predicted molar refractivity (Wildman–Crippen MR) is 39.0 cm³/mol. The number of halogens is 2. The lowest BCUT2D eigenvalue weighted by molar-refractivity contribution is 1.05. The van der Waals surface area contributed by atoms with Crippen LogP contribution in [-0.4, -0.2) is 10.2 Å². The molecule has 0 saturated heterocycles. The van der Waals surface area contributed by atoms with E-state index >= 15 is 0 Å². The van der Waals surface area contributed by atoms with Crippen molar-refractivity contribution in [2.45, 2.75) is 0 Å². The number of hydrogen-bond donors (Lipinski definition) is 1. The highest BCUT2D eigenvalue weighted by molar-refractivity contribution is 14.1. The third-order valence-corrected chi connectivity index (χ3v) is 1.47. The third-order valence-electron chi connectivity index (χ3n) is 0.515. The summed E-state index contributed by atoms with van der Waals surface area (Å²) in [6.07, 6.45) is 0. The Balaban J connectivity index is 3.04. The van der Waals surface area contributed by atoms with Gasteiger partial charge in [-0.1, -0.05) is 0 Å². The second-order valence-electron chi connectivity index (χ2n) is 1.04. The van der Waals surface area contributed by atoms with E-state index in [9.17, 15) is 0 Å². The molecule has 1 rings (SSSR count). The summed E-state index contributed by atoms with van der Waals surface area (Å²) < 4.78 is 1.90. The fraction of sp³-hybridized carbons (Fsp3) is 0. The molecular formula is C3H2BrIN2. The van der Waals surface area contributed by atoms with E-state index in [-0.39, 0.29) is 0 Å². The van der Waals surface area contributed by atoms with Gasteiger partial charge in [0.25, 0.3) is 0 Å². The zero-order valence-electron chi connectivity index (χ0n) is 3.28. The molecule has 0 unspecified atom stereocenters. The molecule has 0 radical (unpaired) electrons. The molecule has 0 bridgehead atoms. The summed E-state index contributed by atoms with van der Waals surface area (Å²) in [7, 11) is 0. The minimum Gasteiger partial charge on any atom is -0.270 e. The van der Waals surface area contributed by atoms with Crippen LogP contribution in [0.15, 0.2) is 10.7 Å². The van der Waals surface area contributed by atoms with Crippen molar-refractivity contribution in [1.29, 1.82) is 0 Å². The topological polar surface area (TPSA) is 28.7 Å². The lowest BCUT2D eigenvalue weighted by Crippen LogP contribution is -1.65. The summed E-state index contributed by atoms with van der Waals surface area (Å²) in [6, 6.07) is 1.90. The largest absolute Gasteiger partial charge is 0.270 e. The Morgan fingerprint density at radius 3 is 2.71 bits per heavy atom. The van der Waals surface area contributed by atoms with Crippen molar-refractivity contribution in [3.63, 3.8) is 0 Å². The number of hydrogen-bond acceptors (Lipinski definition) is 1. The lowest BCUT2D eigenvalue weighted by Gasteiger charge is -1.64. The van der Waals surface area contributed by atoms with Crippen LogP contribution in [0.2, 0.25) is 0 Å².